The molecule has 0 atom stereocenters. The summed E-state index contributed by atoms with van der Waals surface area (Å²) in [5, 5.41) is 7.95. The third-order valence-electron chi connectivity index (χ3n) is 4.24. The summed E-state index contributed by atoms with van der Waals surface area (Å²) in [4.78, 5) is 0. The van der Waals surface area contributed by atoms with Crippen molar-refractivity contribution in [2.45, 2.75) is 38.3 Å². The molecular weight excluding hydrogens is 310 g/mol. The van der Waals surface area contributed by atoms with Crippen LogP contribution in [0.2, 0.25) is 0 Å². The molecule has 100 valence electrons. The number of nitrogens with one attached hydrogen (secondary N) is 1. The van der Waals surface area contributed by atoms with Crippen LogP contribution in [-0.2, 0) is 6.54 Å². The maximum atomic E-state index is 4.27. The lowest BCUT2D eigenvalue weighted by Crippen LogP contribution is -2.44. The molecule has 0 unspecified atom stereocenters. The Hall–Kier alpha value is -0.0000000000000000833. The van der Waals surface area contributed by atoms with E-state index in [4.69, 9.17) is 0 Å². The third kappa shape index (κ3) is 2.94. The summed E-state index contributed by atoms with van der Waals surface area (Å²) in [6.45, 7) is 1.99. The fraction of sp³-hybridized carbons (Fsp3) is 0.769. The highest BCUT2D eigenvalue weighted by molar-refractivity contribution is 9.10. The molecule has 0 aromatic carbocycles. The SMILES string of the molecule is Brc1cnn(CCNC2CCC3(CC2)CSC3)c1. The highest BCUT2D eigenvalue weighted by atomic mass is 79.9. The van der Waals surface area contributed by atoms with Gasteiger partial charge in [0, 0.05) is 18.8 Å². The standard InChI is InChI=1S/C13H20BrN3S/c14-11-7-16-17(8-11)6-5-15-12-1-3-13(4-2-12)9-18-10-13/h7-8,12,15H,1-6,9-10H2. The summed E-state index contributed by atoms with van der Waals surface area (Å²) in [5.74, 6) is 2.84. The van der Waals surface area contributed by atoms with Crippen molar-refractivity contribution in [1.29, 1.82) is 0 Å². The minimum atomic E-state index is 0.736. The summed E-state index contributed by atoms with van der Waals surface area (Å²) in [7, 11) is 0. The molecule has 1 aromatic rings. The quantitative estimate of drug-likeness (QED) is 0.921. The number of rotatable bonds is 4. The van der Waals surface area contributed by atoms with Crippen LogP contribution in [0.5, 0.6) is 0 Å². The molecule has 1 saturated carbocycles. The van der Waals surface area contributed by atoms with Gasteiger partial charge in [0.05, 0.1) is 17.2 Å². The zero-order valence-electron chi connectivity index (χ0n) is 10.6. The van der Waals surface area contributed by atoms with E-state index in [1.54, 1.807) is 0 Å². The Morgan fingerprint density at radius 3 is 2.78 bits per heavy atom. The van der Waals surface area contributed by atoms with E-state index in [1.807, 2.05) is 17.1 Å². The lowest BCUT2D eigenvalue weighted by molar-refractivity contribution is 0.203. The lowest BCUT2D eigenvalue weighted by Gasteiger charge is -2.46. The normalized spacial score (nSPS) is 23.2. The first kappa shape index (κ1) is 13.0. The number of halogens is 1. The topological polar surface area (TPSA) is 29.9 Å². The molecule has 18 heavy (non-hydrogen) atoms. The molecule has 2 heterocycles. The molecule has 1 aromatic heterocycles. The zero-order chi connectivity index (χ0) is 12.4. The molecule has 0 amide bonds. The van der Waals surface area contributed by atoms with E-state index in [0.717, 1.165) is 29.0 Å². The molecule has 2 fully saturated rings. The van der Waals surface area contributed by atoms with Gasteiger partial charge in [-0.25, -0.2) is 0 Å². The largest absolute Gasteiger partial charge is 0.312 e. The van der Waals surface area contributed by atoms with E-state index in [-0.39, 0.29) is 0 Å². The van der Waals surface area contributed by atoms with E-state index >= 15 is 0 Å². The molecule has 1 N–H and O–H groups in total. The maximum Gasteiger partial charge on any atom is 0.0632 e. The summed E-state index contributed by atoms with van der Waals surface area (Å²) in [5.41, 5.74) is 0.746. The molecule has 5 heteroatoms. The van der Waals surface area contributed by atoms with Gasteiger partial charge in [-0.05, 0) is 58.5 Å². The van der Waals surface area contributed by atoms with E-state index < -0.39 is 0 Å². The average Bonchev–Trinajstić information content (AvgIpc) is 2.74. The fourth-order valence-corrected chi connectivity index (χ4v) is 4.64. The second kappa shape index (κ2) is 5.55. The summed E-state index contributed by atoms with van der Waals surface area (Å²) in [6, 6.07) is 0.736. The fourth-order valence-electron chi connectivity index (χ4n) is 2.96. The van der Waals surface area contributed by atoms with Crippen molar-refractivity contribution < 1.29 is 0 Å². The Kier molecular flexibility index (Phi) is 4.01. The molecular formula is C13H20BrN3S. The number of hydrogen-bond acceptors (Lipinski definition) is 3. The van der Waals surface area contributed by atoms with Gasteiger partial charge in [0.15, 0.2) is 0 Å². The van der Waals surface area contributed by atoms with Crippen LogP contribution in [0, 0.1) is 5.41 Å². The first-order chi connectivity index (χ1) is 8.76. The van der Waals surface area contributed by atoms with Crippen molar-refractivity contribution in [2.75, 3.05) is 18.1 Å². The highest BCUT2D eigenvalue weighted by Crippen LogP contribution is 2.48. The van der Waals surface area contributed by atoms with Crippen LogP contribution in [0.1, 0.15) is 25.7 Å². The summed E-state index contributed by atoms with van der Waals surface area (Å²) >= 11 is 5.55. The second-order valence-corrected chi connectivity index (χ2v) is 7.54. The number of hydrogen-bond donors (Lipinski definition) is 1. The van der Waals surface area contributed by atoms with Crippen molar-refractivity contribution in [2.24, 2.45) is 5.41 Å². The Balaban J connectivity index is 1.37. The van der Waals surface area contributed by atoms with Crippen LogP contribution >= 0.6 is 27.7 Å². The van der Waals surface area contributed by atoms with Gasteiger partial charge in [-0.2, -0.15) is 16.9 Å². The van der Waals surface area contributed by atoms with E-state index in [0.29, 0.717) is 0 Å². The molecule has 1 aliphatic carbocycles. The molecule has 1 aliphatic heterocycles. The molecule has 2 aliphatic rings. The van der Waals surface area contributed by atoms with Gasteiger partial charge >= 0.3 is 0 Å². The molecule has 3 nitrogen and oxygen atoms in total. The van der Waals surface area contributed by atoms with Gasteiger partial charge in [0.1, 0.15) is 0 Å². The van der Waals surface area contributed by atoms with Gasteiger partial charge in [-0.3, -0.25) is 4.68 Å². The van der Waals surface area contributed by atoms with Crippen LogP contribution in [0.25, 0.3) is 0 Å². The van der Waals surface area contributed by atoms with E-state index in [1.165, 1.54) is 37.2 Å². The Morgan fingerprint density at radius 1 is 1.44 bits per heavy atom. The van der Waals surface area contributed by atoms with Crippen molar-refractivity contribution in [3.05, 3.63) is 16.9 Å². The Labute approximate surface area is 121 Å². The van der Waals surface area contributed by atoms with Gasteiger partial charge in [-0.1, -0.05) is 0 Å². The first-order valence-electron chi connectivity index (χ1n) is 6.75. The monoisotopic (exact) mass is 329 g/mol. The van der Waals surface area contributed by atoms with Crippen LogP contribution in [-0.4, -0.2) is 33.9 Å². The van der Waals surface area contributed by atoms with E-state index in [2.05, 4.69) is 38.1 Å². The van der Waals surface area contributed by atoms with Crippen molar-refractivity contribution in [3.8, 4) is 0 Å². The van der Waals surface area contributed by atoms with Crippen LogP contribution in [0.3, 0.4) is 0 Å². The van der Waals surface area contributed by atoms with Crippen LogP contribution in [0.15, 0.2) is 16.9 Å². The molecule has 1 saturated heterocycles. The maximum absolute atomic E-state index is 4.27. The number of aromatic nitrogens is 2. The van der Waals surface area contributed by atoms with Crippen molar-refractivity contribution in [3.63, 3.8) is 0 Å². The van der Waals surface area contributed by atoms with Gasteiger partial charge in [-0.15, -0.1) is 0 Å². The second-order valence-electron chi connectivity index (χ2n) is 5.64. The van der Waals surface area contributed by atoms with E-state index in [9.17, 15) is 0 Å². The van der Waals surface area contributed by atoms with Gasteiger partial charge in [0.25, 0.3) is 0 Å². The highest BCUT2D eigenvalue weighted by Gasteiger charge is 2.40. The summed E-state index contributed by atoms with van der Waals surface area (Å²) < 4.78 is 3.05. The van der Waals surface area contributed by atoms with Gasteiger partial charge < -0.3 is 5.32 Å². The molecule has 0 bridgehead atoms. The predicted octanol–water partition coefficient (Wildman–Crippen LogP) is 2.91. The zero-order valence-corrected chi connectivity index (χ0v) is 13.0. The third-order valence-corrected chi connectivity index (χ3v) is 6.28. The minimum absolute atomic E-state index is 0.736. The lowest BCUT2D eigenvalue weighted by atomic mass is 9.74. The molecule has 1 spiro atoms. The van der Waals surface area contributed by atoms with Crippen LogP contribution < -0.4 is 5.32 Å². The van der Waals surface area contributed by atoms with Crippen molar-refractivity contribution in [1.82, 2.24) is 15.1 Å². The average molecular weight is 330 g/mol. The number of nitrogens with zero attached hydrogens (tertiary/aromatic N) is 2. The smallest absolute Gasteiger partial charge is 0.0632 e. The number of thioether (sulfide) groups is 1. The first-order valence-corrected chi connectivity index (χ1v) is 8.70. The van der Waals surface area contributed by atoms with Crippen molar-refractivity contribution >= 4 is 27.7 Å². The Morgan fingerprint density at radius 2 is 2.22 bits per heavy atom. The van der Waals surface area contributed by atoms with Crippen LogP contribution in [0.4, 0.5) is 0 Å². The minimum Gasteiger partial charge on any atom is -0.312 e. The molecule has 3 rings (SSSR count). The molecule has 0 radical (unpaired) electrons. The Bertz CT molecular complexity index is 393. The predicted molar refractivity (Wildman–Crippen MR) is 79.9 cm³/mol. The summed E-state index contributed by atoms with van der Waals surface area (Å²) in [6.07, 6.45) is 9.48. The van der Waals surface area contributed by atoms with Gasteiger partial charge in [0.2, 0.25) is 0 Å².